The van der Waals surface area contributed by atoms with Crippen LogP contribution in [0.1, 0.15) is 42.5 Å². The molecule has 3 aromatic rings. The second kappa shape index (κ2) is 9.85. The van der Waals surface area contributed by atoms with Crippen LogP contribution in [0.3, 0.4) is 0 Å². The van der Waals surface area contributed by atoms with Crippen LogP contribution in [0.25, 0.3) is 22.9 Å². The lowest BCUT2D eigenvalue weighted by Gasteiger charge is -2.43. The first-order valence-electron chi connectivity index (χ1n) is 14.7. The third-order valence-electron chi connectivity index (χ3n) is 9.39. The Labute approximate surface area is 255 Å². The topological polar surface area (TPSA) is 88.3 Å². The first-order valence-corrected chi connectivity index (χ1v) is 15.6. The molecule has 0 saturated heterocycles. The number of nitrogens with one attached hydrogen (secondary N) is 1. The number of benzene rings is 3. The lowest BCUT2D eigenvalue weighted by molar-refractivity contribution is 0.187. The third kappa shape index (κ3) is 3.91. The summed E-state index contributed by atoms with van der Waals surface area (Å²) in [6, 6.07) is 7.79. The van der Waals surface area contributed by atoms with Gasteiger partial charge in [0.25, 0.3) is 0 Å². The molecule has 3 atom stereocenters. The van der Waals surface area contributed by atoms with Crippen molar-refractivity contribution in [1.29, 1.82) is 0 Å². The average Bonchev–Trinajstić information content (AvgIpc) is 3.71. The number of thioether (sulfide) groups is 1. The summed E-state index contributed by atoms with van der Waals surface area (Å²) in [6.07, 6.45) is 18.1. The second-order valence-electron chi connectivity index (χ2n) is 11.7. The maximum atomic E-state index is 11.9. The molecule has 4 N–H and O–H groups in total. The first kappa shape index (κ1) is 27.5. The van der Waals surface area contributed by atoms with E-state index in [2.05, 4.69) is 41.3 Å². The minimum absolute atomic E-state index is 0.141. The molecule has 7 heteroatoms. The highest BCUT2D eigenvalue weighted by atomic mass is 32.2. The zero-order valence-corrected chi connectivity index (χ0v) is 25.4. The van der Waals surface area contributed by atoms with Gasteiger partial charge in [-0.3, -0.25) is 4.99 Å². The smallest absolute Gasteiger partial charge is 0.156 e. The Hall–Kier alpha value is -4.36. The van der Waals surface area contributed by atoms with Crippen LogP contribution >= 0.6 is 11.8 Å². The Morgan fingerprint density at radius 1 is 1.05 bits per heavy atom. The highest BCUT2D eigenvalue weighted by Gasteiger charge is 2.45. The minimum atomic E-state index is -0.655. The minimum Gasteiger partial charge on any atom is -0.507 e. The number of aromatic hydroxyl groups is 3. The summed E-state index contributed by atoms with van der Waals surface area (Å²) in [7, 11) is 1.82. The molecule has 7 rings (SSSR count). The van der Waals surface area contributed by atoms with E-state index < -0.39 is 11.1 Å². The van der Waals surface area contributed by atoms with Crippen molar-refractivity contribution in [1.82, 2.24) is 4.90 Å². The normalized spacial score (nSPS) is 25.2. The van der Waals surface area contributed by atoms with E-state index in [1.54, 1.807) is 11.8 Å². The summed E-state index contributed by atoms with van der Waals surface area (Å²) in [5.41, 5.74) is 4.29. The summed E-state index contributed by atoms with van der Waals surface area (Å²) in [6.45, 7) is 8.22. The number of aliphatic imine (C=N–C) groups is 1. The van der Waals surface area contributed by atoms with Gasteiger partial charge in [0.05, 0.1) is 5.37 Å². The zero-order chi connectivity index (χ0) is 30.1. The highest BCUT2D eigenvalue weighted by molar-refractivity contribution is 8.02. The molecule has 2 aliphatic heterocycles. The van der Waals surface area contributed by atoms with Gasteiger partial charge in [-0.25, -0.2) is 0 Å². The van der Waals surface area contributed by atoms with Gasteiger partial charge in [0, 0.05) is 68.8 Å². The summed E-state index contributed by atoms with van der Waals surface area (Å²) >= 11 is 1.75. The van der Waals surface area contributed by atoms with E-state index in [9.17, 15) is 15.3 Å². The fourth-order valence-corrected chi connectivity index (χ4v) is 8.36. The number of fused-ring (bicyclic) bond motifs is 5. The van der Waals surface area contributed by atoms with Crippen molar-refractivity contribution in [2.75, 3.05) is 12.4 Å². The largest absolute Gasteiger partial charge is 0.507 e. The molecule has 0 amide bonds. The van der Waals surface area contributed by atoms with Gasteiger partial charge in [0.1, 0.15) is 17.2 Å². The maximum absolute atomic E-state index is 11.9. The number of hydrogen-bond donors (Lipinski definition) is 4. The molecule has 0 bridgehead atoms. The monoisotopic (exact) mass is 589 g/mol. The molecule has 0 fully saturated rings. The van der Waals surface area contributed by atoms with Crippen molar-refractivity contribution in [3.63, 3.8) is 0 Å². The predicted molar refractivity (Wildman–Crippen MR) is 178 cm³/mol. The van der Waals surface area contributed by atoms with E-state index in [0.717, 1.165) is 46.5 Å². The molecule has 0 aromatic heterocycles. The van der Waals surface area contributed by atoms with Gasteiger partial charge in [-0.1, -0.05) is 43.0 Å². The van der Waals surface area contributed by atoms with Gasteiger partial charge in [-0.05, 0) is 73.6 Å². The summed E-state index contributed by atoms with van der Waals surface area (Å²) in [5.74, 6) is 0.513. The Morgan fingerprint density at radius 3 is 2.53 bits per heavy atom. The molecule has 6 nitrogen and oxygen atoms in total. The summed E-state index contributed by atoms with van der Waals surface area (Å²) in [4.78, 5) is 7.45. The Balaban J connectivity index is 1.38. The van der Waals surface area contributed by atoms with Crippen LogP contribution < -0.4 is 15.8 Å². The van der Waals surface area contributed by atoms with Gasteiger partial charge < -0.3 is 25.5 Å². The van der Waals surface area contributed by atoms with Crippen LogP contribution in [-0.4, -0.2) is 44.5 Å². The molecule has 4 aliphatic rings. The lowest BCUT2D eigenvalue weighted by atomic mass is 9.79. The van der Waals surface area contributed by atoms with Crippen molar-refractivity contribution < 1.29 is 15.3 Å². The van der Waals surface area contributed by atoms with E-state index in [4.69, 9.17) is 4.99 Å². The van der Waals surface area contributed by atoms with Gasteiger partial charge in [-0.2, -0.15) is 0 Å². The molecule has 0 radical (unpaired) electrons. The van der Waals surface area contributed by atoms with Crippen molar-refractivity contribution in [3.8, 4) is 17.2 Å². The predicted octanol–water partition coefficient (Wildman–Crippen LogP) is 5.68. The van der Waals surface area contributed by atoms with E-state index in [-0.39, 0.29) is 22.6 Å². The lowest BCUT2D eigenvalue weighted by Crippen LogP contribution is -2.49. The number of aryl methyl sites for hydroxylation is 1. The number of rotatable bonds is 5. The molecule has 218 valence electrons. The van der Waals surface area contributed by atoms with Gasteiger partial charge in [-0.15, -0.1) is 11.8 Å². The Morgan fingerprint density at radius 2 is 1.81 bits per heavy atom. The number of hydrogen-bond acceptors (Lipinski definition) is 7. The number of nitrogens with zero attached hydrogens (tertiary/aromatic N) is 2. The molecule has 2 unspecified atom stereocenters. The van der Waals surface area contributed by atoms with Crippen molar-refractivity contribution in [2.24, 2.45) is 4.99 Å². The molecular formula is C36H35N3O3S. The van der Waals surface area contributed by atoms with E-state index >= 15 is 0 Å². The molecule has 1 spiro atoms. The van der Waals surface area contributed by atoms with Gasteiger partial charge in [0.2, 0.25) is 0 Å². The van der Waals surface area contributed by atoms with Gasteiger partial charge in [0.15, 0.2) is 5.66 Å². The number of phenols is 3. The van der Waals surface area contributed by atoms with E-state index in [0.29, 0.717) is 27.6 Å². The van der Waals surface area contributed by atoms with E-state index in [1.807, 2.05) is 74.8 Å². The van der Waals surface area contributed by atoms with Gasteiger partial charge >= 0.3 is 0 Å². The maximum Gasteiger partial charge on any atom is 0.156 e. The summed E-state index contributed by atoms with van der Waals surface area (Å²) in [5, 5.41) is 42.4. The first-order chi connectivity index (χ1) is 20.8. The number of allylic oxidation sites excluding steroid dienone is 4. The molecular weight excluding hydrogens is 554 g/mol. The third-order valence-corrected chi connectivity index (χ3v) is 10.4. The fraction of sp³-hybridized carbons (Fsp3) is 0.250. The molecule has 43 heavy (non-hydrogen) atoms. The molecule has 3 aromatic carbocycles. The number of phenolic OH excluding ortho intramolecular Hbond substituents is 3. The average molecular weight is 590 g/mol. The van der Waals surface area contributed by atoms with Crippen LogP contribution in [0, 0.1) is 0 Å². The van der Waals surface area contributed by atoms with Crippen molar-refractivity contribution in [2.45, 2.75) is 49.6 Å². The summed E-state index contributed by atoms with van der Waals surface area (Å²) < 4.78 is 0. The van der Waals surface area contributed by atoms with Crippen LogP contribution in [0.2, 0.25) is 0 Å². The fourth-order valence-electron chi connectivity index (χ4n) is 7.39. The Kier molecular flexibility index (Phi) is 6.29. The van der Waals surface area contributed by atoms with Crippen molar-refractivity contribution >= 4 is 46.6 Å². The van der Waals surface area contributed by atoms with Crippen LogP contribution in [-0.2, 0) is 18.3 Å². The van der Waals surface area contributed by atoms with Crippen LogP contribution in [0.4, 0.5) is 5.69 Å². The molecule has 0 saturated carbocycles. The SMILES string of the molecule is C=CC1=CSC(C)N1C1(/C=C/C=C/C)Cc2cc3c(c(O)c2C=N1)[C@]1(C=c2c(O)c4ccc(NC)cc4c(O)c2=C1)CC3. The van der Waals surface area contributed by atoms with Crippen LogP contribution in [0.5, 0.6) is 17.2 Å². The Bertz CT molecular complexity index is 1970. The number of anilines is 1. The van der Waals surface area contributed by atoms with Crippen LogP contribution in [0.15, 0.2) is 77.3 Å². The van der Waals surface area contributed by atoms with E-state index in [1.165, 1.54) is 0 Å². The second-order valence-corrected chi connectivity index (χ2v) is 12.9. The quantitative estimate of drug-likeness (QED) is 0.226. The zero-order valence-electron chi connectivity index (χ0n) is 24.6. The van der Waals surface area contributed by atoms with Crippen molar-refractivity contribution in [3.05, 3.63) is 105 Å². The molecule has 2 aliphatic carbocycles. The molecule has 2 heterocycles. The highest BCUT2D eigenvalue weighted by Crippen LogP contribution is 2.51. The standard InChI is InChI=1S/C36H35N3O3S/c1-5-7-8-12-36(39-21(3)43-20-25(39)6-2)16-23-14-22-11-13-35(31(22)34(42)30(23)19-38-36)17-28-29(18-35)33(41)27-15-24(37-4)9-10-26(27)32(28)40/h5-10,12,14-15,17-21,37,40-42H,2,11,13,16H2,1,3-4H3/b7-5+,12-8+/t21?,35-,36?/m0/s1.